The van der Waals surface area contributed by atoms with Gasteiger partial charge in [0.2, 0.25) is 0 Å². The molecule has 3 aliphatic rings. The molecule has 2 N–H and O–H groups in total. The maximum Gasteiger partial charge on any atom is 0.322 e. The summed E-state index contributed by atoms with van der Waals surface area (Å²) < 4.78 is 7.24. The summed E-state index contributed by atoms with van der Waals surface area (Å²) in [7, 11) is 3.50. The molecule has 0 unspecified atom stereocenters. The summed E-state index contributed by atoms with van der Waals surface area (Å²) in [6.07, 6.45) is 10.1. The Morgan fingerprint density at radius 1 is 1.11 bits per heavy atom. The molecule has 2 aromatic heterocycles. The van der Waals surface area contributed by atoms with E-state index in [1.807, 2.05) is 66.4 Å². The number of aromatic nitrogens is 2. The molecule has 0 spiro atoms. The number of pyridine rings is 1. The number of fused-ring (bicyclic) bond motifs is 2. The van der Waals surface area contributed by atoms with E-state index in [0.29, 0.717) is 29.9 Å². The number of rotatable bonds is 5. The Balaban J connectivity index is 1.35. The lowest BCUT2D eigenvalue weighted by Gasteiger charge is -2.32. The van der Waals surface area contributed by atoms with Crippen LogP contribution in [0.2, 0.25) is 0 Å². The van der Waals surface area contributed by atoms with Crippen molar-refractivity contribution in [2.75, 3.05) is 13.7 Å². The van der Waals surface area contributed by atoms with E-state index in [2.05, 4.69) is 10.6 Å². The third-order valence-corrected chi connectivity index (χ3v) is 7.20. The van der Waals surface area contributed by atoms with E-state index in [1.165, 1.54) is 0 Å². The van der Waals surface area contributed by atoms with E-state index < -0.39 is 17.5 Å². The number of aryl methyl sites for hydroxylation is 1. The molecular weight excluding hydrogens is 470 g/mol. The van der Waals surface area contributed by atoms with Gasteiger partial charge >= 0.3 is 6.03 Å². The van der Waals surface area contributed by atoms with Crippen molar-refractivity contribution in [1.29, 1.82) is 0 Å². The molecule has 1 aliphatic carbocycles. The van der Waals surface area contributed by atoms with Crippen molar-refractivity contribution in [3.63, 3.8) is 0 Å². The highest BCUT2D eigenvalue weighted by molar-refractivity contribution is 6.10. The zero-order valence-corrected chi connectivity index (χ0v) is 20.4. The van der Waals surface area contributed by atoms with Crippen LogP contribution in [0.4, 0.5) is 4.79 Å². The smallest absolute Gasteiger partial charge is 0.322 e. The van der Waals surface area contributed by atoms with Crippen LogP contribution >= 0.6 is 0 Å². The molecule has 9 nitrogen and oxygen atoms in total. The van der Waals surface area contributed by atoms with Crippen molar-refractivity contribution in [3.05, 3.63) is 89.3 Å². The average Bonchev–Trinajstić information content (AvgIpc) is 3.42. The van der Waals surface area contributed by atoms with Gasteiger partial charge in [-0.3, -0.25) is 14.9 Å². The molecule has 6 rings (SSSR count). The fourth-order valence-electron chi connectivity index (χ4n) is 5.19. The maximum absolute atomic E-state index is 13.2. The lowest BCUT2D eigenvalue weighted by Crippen LogP contribution is -2.56. The predicted octanol–water partition coefficient (Wildman–Crippen LogP) is 3.09. The van der Waals surface area contributed by atoms with Gasteiger partial charge < -0.3 is 19.5 Å². The standard InChI is InChI=1S/C28H25N5O4/c1-32-13-12-18-8-11-23(29-24(18)32)17-4-3-5-20(9-6-17)28(26(35)30-27(36)31-28)16-33-15-19-7-10-21(37-2)14-22(19)25(33)34/h3,5-14H,4,15-16H2,1-2H3,(H2,30,31,35,36)/t28-/m1/s1. The van der Waals surface area contributed by atoms with E-state index in [0.717, 1.165) is 27.9 Å². The number of benzene rings is 1. The van der Waals surface area contributed by atoms with Gasteiger partial charge in [0, 0.05) is 30.7 Å². The van der Waals surface area contributed by atoms with E-state index >= 15 is 0 Å². The second kappa shape index (κ2) is 8.48. The summed E-state index contributed by atoms with van der Waals surface area (Å²) in [5.41, 5.74) is 3.26. The first-order chi connectivity index (χ1) is 17.9. The number of carbonyl (C=O) groups excluding carboxylic acids is 3. The lowest BCUT2D eigenvalue weighted by atomic mass is 9.88. The first kappa shape index (κ1) is 22.8. The van der Waals surface area contributed by atoms with Crippen molar-refractivity contribution < 1.29 is 19.1 Å². The summed E-state index contributed by atoms with van der Waals surface area (Å²) in [6, 6.07) is 10.8. The van der Waals surface area contributed by atoms with Crippen LogP contribution in [0.15, 0.2) is 72.5 Å². The number of imide groups is 1. The highest BCUT2D eigenvalue weighted by Crippen LogP contribution is 2.33. The van der Waals surface area contributed by atoms with Crippen LogP contribution in [0.25, 0.3) is 16.6 Å². The van der Waals surface area contributed by atoms with Crippen LogP contribution in [-0.2, 0) is 18.4 Å². The van der Waals surface area contributed by atoms with Crippen LogP contribution in [0.3, 0.4) is 0 Å². The molecule has 0 bridgehead atoms. The van der Waals surface area contributed by atoms with Crippen molar-refractivity contribution in [1.82, 2.24) is 25.1 Å². The van der Waals surface area contributed by atoms with E-state index in [-0.39, 0.29) is 12.5 Å². The van der Waals surface area contributed by atoms with Gasteiger partial charge in [-0.1, -0.05) is 30.4 Å². The third kappa shape index (κ3) is 3.70. The first-order valence-corrected chi connectivity index (χ1v) is 12.0. The fraction of sp³-hybridized carbons (Fsp3) is 0.214. The third-order valence-electron chi connectivity index (χ3n) is 7.20. The SMILES string of the molecule is COc1ccc2c(c1)C(=O)N(C[C@]1(C3=CC=C(c4ccc5ccn(C)c5n4)CC=C3)NC(=O)NC1=O)C2. The molecular formula is C28H25N5O4. The number of nitrogens with one attached hydrogen (secondary N) is 2. The molecule has 1 aromatic carbocycles. The highest BCUT2D eigenvalue weighted by Gasteiger charge is 2.51. The summed E-state index contributed by atoms with van der Waals surface area (Å²) in [6.45, 7) is 0.328. The second-order valence-corrected chi connectivity index (χ2v) is 9.45. The monoisotopic (exact) mass is 495 g/mol. The Bertz CT molecular complexity index is 1580. The number of allylic oxidation sites excluding steroid dienone is 4. The topological polar surface area (TPSA) is 106 Å². The molecule has 0 saturated carbocycles. The first-order valence-electron chi connectivity index (χ1n) is 12.0. The highest BCUT2D eigenvalue weighted by atomic mass is 16.5. The van der Waals surface area contributed by atoms with E-state index in [1.54, 1.807) is 24.1 Å². The number of ether oxygens (including phenoxy) is 1. The summed E-state index contributed by atoms with van der Waals surface area (Å²) in [5, 5.41) is 6.23. The van der Waals surface area contributed by atoms with Gasteiger partial charge in [0.25, 0.3) is 11.8 Å². The van der Waals surface area contributed by atoms with Gasteiger partial charge in [0.05, 0.1) is 19.3 Å². The number of hydrogen-bond acceptors (Lipinski definition) is 5. The molecule has 0 radical (unpaired) electrons. The van der Waals surface area contributed by atoms with Gasteiger partial charge in [-0.2, -0.15) is 0 Å². The Morgan fingerprint density at radius 3 is 2.76 bits per heavy atom. The van der Waals surface area contributed by atoms with Crippen molar-refractivity contribution >= 4 is 34.5 Å². The summed E-state index contributed by atoms with van der Waals surface area (Å²) in [4.78, 5) is 45.2. The van der Waals surface area contributed by atoms with Crippen LogP contribution in [0, 0.1) is 0 Å². The molecule has 9 heteroatoms. The maximum atomic E-state index is 13.2. The second-order valence-electron chi connectivity index (χ2n) is 9.45. The number of carbonyl (C=O) groups is 3. The molecule has 3 aromatic rings. The minimum Gasteiger partial charge on any atom is -0.497 e. The Kier molecular flexibility index (Phi) is 5.22. The molecule has 4 amide bonds. The lowest BCUT2D eigenvalue weighted by molar-refractivity contribution is -0.123. The molecule has 2 aliphatic heterocycles. The molecule has 1 fully saturated rings. The van der Waals surface area contributed by atoms with Gasteiger partial charge in [-0.25, -0.2) is 9.78 Å². The Morgan fingerprint density at radius 2 is 1.97 bits per heavy atom. The van der Waals surface area contributed by atoms with E-state index in [9.17, 15) is 14.4 Å². The minimum absolute atomic E-state index is 0.00664. The van der Waals surface area contributed by atoms with Crippen LogP contribution in [0.1, 0.15) is 28.0 Å². The largest absolute Gasteiger partial charge is 0.497 e. The van der Waals surface area contributed by atoms with Crippen LogP contribution in [-0.4, -0.2) is 51.5 Å². The number of amides is 4. The summed E-state index contributed by atoms with van der Waals surface area (Å²) in [5.74, 6) is -0.114. The van der Waals surface area contributed by atoms with Crippen LogP contribution in [0.5, 0.6) is 5.75 Å². The number of methoxy groups -OCH3 is 1. The minimum atomic E-state index is -1.42. The number of urea groups is 1. The molecule has 4 heterocycles. The zero-order valence-electron chi connectivity index (χ0n) is 20.4. The van der Waals surface area contributed by atoms with Crippen molar-refractivity contribution in [2.24, 2.45) is 7.05 Å². The molecule has 1 saturated heterocycles. The van der Waals surface area contributed by atoms with Gasteiger partial charge in [-0.15, -0.1) is 0 Å². The quantitative estimate of drug-likeness (QED) is 0.530. The van der Waals surface area contributed by atoms with Gasteiger partial charge in [0.15, 0.2) is 5.54 Å². The zero-order chi connectivity index (χ0) is 25.7. The van der Waals surface area contributed by atoms with Gasteiger partial charge in [-0.05, 0) is 53.5 Å². The predicted molar refractivity (Wildman–Crippen MR) is 138 cm³/mol. The van der Waals surface area contributed by atoms with Crippen molar-refractivity contribution in [2.45, 2.75) is 18.5 Å². The molecule has 1 atom stereocenters. The Labute approximate surface area is 213 Å². The van der Waals surface area contributed by atoms with Gasteiger partial charge in [0.1, 0.15) is 11.4 Å². The van der Waals surface area contributed by atoms with Crippen LogP contribution < -0.4 is 15.4 Å². The van der Waals surface area contributed by atoms with E-state index in [4.69, 9.17) is 9.72 Å². The van der Waals surface area contributed by atoms with Crippen molar-refractivity contribution in [3.8, 4) is 5.75 Å². The summed E-state index contributed by atoms with van der Waals surface area (Å²) >= 11 is 0. The average molecular weight is 496 g/mol. The number of nitrogens with zero attached hydrogens (tertiary/aromatic N) is 3. The Hall–Kier alpha value is -4.66. The molecule has 186 valence electrons. The fourth-order valence-corrected chi connectivity index (χ4v) is 5.19. The molecule has 37 heavy (non-hydrogen) atoms. The number of hydrogen-bond donors (Lipinski definition) is 2. The normalized spacial score (nSPS) is 20.9.